The van der Waals surface area contributed by atoms with Crippen LogP contribution in [0.3, 0.4) is 0 Å². The van der Waals surface area contributed by atoms with E-state index in [1.807, 2.05) is 20.8 Å². The summed E-state index contributed by atoms with van der Waals surface area (Å²) >= 11 is 0. The van der Waals surface area contributed by atoms with Gasteiger partial charge in [-0.25, -0.2) is 0 Å². The van der Waals surface area contributed by atoms with E-state index >= 15 is 0 Å². The van der Waals surface area contributed by atoms with Crippen LogP contribution >= 0.6 is 0 Å². The number of rotatable bonds is 1. The highest BCUT2D eigenvalue weighted by Gasteiger charge is 2.39. The lowest BCUT2D eigenvalue weighted by Gasteiger charge is -2.46. The number of hydrogen-bond acceptors (Lipinski definition) is 3. The van der Waals surface area contributed by atoms with E-state index in [0.717, 1.165) is 12.8 Å². The number of carboxylic acid groups (broad SMARTS) is 1. The SMILES string of the molecule is CC(C)(C)N(C(=O)[O-])C1CC2CCC(C1)N2. The van der Waals surface area contributed by atoms with Gasteiger partial charge in [-0.05, 0) is 46.5 Å². The summed E-state index contributed by atoms with van der Waals surface area (Å²) in [4.78, 5) is 12.8. The summed E-state index contributed by atoms with van der Waals surface area (Å²) in [5.74, 6) is 0. The van der Waals surface area contributed by atoms with E-state index < -0.39 is 6.09 Å². The molecule has 2 saturated heterocycles. The fourth-order valence-electron chi connectivity index (χ4n) is 3.21. The lowest BCUT2D eigenvalue weighted by atomic mass is 9.94. The molecule has 1 amide bonds. The molecule has 0 radical (unpaired) electrons. The maximum atomic E-state index is 11.3. The fraction of sp³-hybridized carbons (Fsp3) is 0.917. The smallest absolute Gasteiger partial charge is 0.137 e. The van der Waals surface area contributed by atoms with E-state index in [4.69, 9.17) is 0 Å². The van der Waals surface area contributed by atoms with Gasteiger partial charge in [-0.2, -0.15) is 0 Å². The van der Waals surface area contributed by atoms with Crippen LogP contribution < -0.4 is 10.4 Å². The predicted octanol–water partition coefficient (Wildman–Crippen LogP) is 0.713. The molecule has 1 N–H and O–H groups in total. The summed E-state index contributed by atoms with van der Waals surface area (Å²) in [5.41, 5.74) is -0.361. The van der Waals surface area contributed by atoms with Crippen LogP contribution in [0.5, 0.6) is 0 Å². The van der Waals surface area contributed by atoms with Crippen LogP contribution in [0, 0.1) is 0 Å². The first-order valence-electron chi connectivity index (χ1n) is 6.14. The number of fused-ring (bicyclic) bond motifs is 2. The molecule has 0 aromatic carbocycles. The summed E-state index contributed by atoms with van der Waals surface area (Å²) in [6.45, 7) is 5.81. The van der Waals surface area contributed by atoms with Crippen molar-refractivity contribution in [3.8, 4) is 0 Å². The molecule has 4 nitrogen and oxygen atoms in total. The zero-order valence-corrected chi connectivity index (χ0v) is 10.3. The van der Waals surface area contributed by atoms with Crippen LogP contribution in [-0.2, 0) is 0 Å². The number of carbonyl (C=O) groups is 1. The second kappa shape index (κ2) is 3.91. The monoisotopic (exact) mass is 225 g/mol. The van der Waals surface area contributed by atoms with Gasteiger partial charge in [0.05, 0.1) is 0 Å². The van der Waals surface area contributed by atoms with E-state index in [9.17, 15) is 9.90 Å². The Bertz CT molecular complexity index is 273. The zero-order valence-electron chi connectivity index (χ0n) is 10.3. The van der Waals surface area contributed by atoms with E-state index in [1.165, 1.54) is 12.8 Å². The molecule has 0 spiro atoms. The van der Waals surface area contributed by atoms with Crippen LogP contribution in [0.15, 0.2) is 0 Å². The van der Waals surface area contributed by atoms with Crippen molar-refractivity contribution in [2.45, 2.75) is 70.1 Å². The van der Waals surface area contributed by atoms with Gasteiger partial charge in [0.1, 0.15) is 6.09 Å². The summed E-state index contributed by atoms with van der Waals surface area (Å²) in [6, 6.07) is 1.14. The first-order valence-corrected chi connectivity index (χ1v) is 6.14. The molecule has 2 aliphatic rings. The van der Waals surface area contributed by atoms with E-state index in [-0.39, 0.29) is 11.6 Å². The second-order valence-corrected chi connectivity index (χ2v) is 6.07. The van der Waals surface area contributed by atoms with Crippen molar-refractivity contribution in [1.82, 2.24) is 10.2 Å². The fourth-order valence-corrected chi connectivity index (χ4v) is 3.21. The Labute approximate surface area is 97.0 Å². The first-order chi connectivity index (χ1) is 7.38. The van der Waals surface area contributed by atoms with Crippen molar-refractivity contribution in [2.24, 2.45) is 0 Å². The lowest BCUT2D eigenvalue weighted by Crippen LogP contribution is -2.60. The summed E-state index contributed by atoms with van der Waals surface area (Å²) in [6.07, 6.45) is 3.21. The largest absolute Gasteiger partial charge is 0.530 e. The molecule has 2 atom stereocenters. The quantitative estimate of drug-likeness (QED) is 0.715. The third kappa shape index (κ3) is 2.17. The molecular formula is C12H21N2O2-. The number of nitrogens with zero attached hydrogens (tertiary/aromatic N) is 1. The van der Waals surface area contributed by atoms with Gasteiger partial charge in [0, 0.05) is 23.7 Å². The van der Waals surface area contributed by atoms with Gasteiger partial charge >= 0.3 is 0 Å². The maximum absolute atomic E-state index is 11.3. The van der Waals surface area contributed by atoms with Gasteiger partial charge in [-0.15, -0.1) is 0 Å². The highest BCUT2D eigenvalue weighted by molar-refractivity contribution is 5.64. The number of amides is 1. The van der Waals surface area contributed by atoms with Crippen LogP contribution in [0.1, 0.15) is 46.5 Å². The third-order valence-corrected chi connectivity index (χ3v) is 3.73. The van der Waals surface area contributed by atoms with Crippen molar-refractivity contribution in [1.29, 1.82) is 0 Å². The van der Waals surface area contributed by atoms with E-state index in [0.29, 0.717) is 12.1 Å². The summed E-state index contributed by atoms with van der Waals surface area (Å²) in [5, 5.41) is 14.8. The Morgan fingerprint density at radius 2 is 1.75 bits per heavy atom. The molecule has 0 aliphatic carbocycles. The molecule has 2 unspecified atom stereocenters. The minimum Gasteiger partial charge on any atom is -0.530 e. The van der Waals surface area contributed by atoms with Gasteiger partial charge in [0.2, 0.25) is 0 Å². The van der Waals surface area contributed by atoms with Crippen LogP contribution in [0.25, 0.3) is 0 Å². The minimum absolute atomic E-state index is 0.128. The van der Waals surface area contributed by atoms with Crippen molar-refractivity contribution in [2.75, 3.05) is 0 Å². The Kier molecular flexibility index (Phi) is 2.86. The number of nitrogens with one attached hydrogen (secondary N) is 1. The Balaban J connectivity index is 2.12. The average molecular weight is 225 g/mol. The van der Waals surface area contributed by atoms with Gasteiger partial charge < -0.3 is 20.1 Å². The Morgan fingerprint density at radius 1 is 1.25 bits per heavy atom. The van der Waals surface area contributed by atoms with Gasteiger partial charge in [0.15, 0.2) is 0 Å². The molecule has 2 bridgehead atoms. The zero-order chi connectivity index (χ0) is 11.9. The van der Waals surface area contributed by atoms with Gasteiger partial charge in [-0.1, -0.05) is 0 Å². The number of piperidine rings is 1. The van der Waals surface area contributed by atoms with Crippen molar-refractivity contribution >= 4 is 6.09 Å². The van der Waals surface area contributed by atoms with Crippen molar-refractivity contribution in [3.05, 3.63) is 0 Å². The lowest BCUT2D eigenvalue weighted by molar-refractivity contribution is -0.274. The molecule has 0 aromatic rings. The topological polar surface area (TPSA) is 55.4 Å². The van der Waals surface area contributed by atoms with Crippen molar-refractivity contribution in [3.63, 3.8) is 0 Å². The molecule has 16 heavy (non-hydrogen) atoms. The number of carbonyl (C=O) groups excluding carboxylic acids is 1. The Hall–Kier alpha value is -0.770. The molecule has 2 fully saturated rings. The molecule has 92 valence electrons. The third-order valence-electron chi connectivity index (χ3n) is 3.73. The second-order valence-electron chi connectivity index (χ2n) is 6.07. The molecule has 0 saturated carbocycles. The standard InChI is InChI=1S/C12H22N2O2/c1-12(2,3)14(11(15)16)10-6-8-4-5-9(7-10)13-8/h8-10,13H,4-7H2,1-3H3,(H,15,16)/p-1. The van der Waals surface area contributed by atoms with Gasteiger partial charge in [0.25, 0.3) is 0 Å². The van der Waals surface area contributed by atoms with Crippen LogP contribution in [-0.4, -0.2) is 34.7 Å². The van der Waals surface area contributed by atoms with E-state index in [2.05, 4.69) is 5.32 Å². The molecule has 2 aliphatic heterocycles. The molecule has 0 aromatic heterocycles. The van der Waals surface area contributed by atoms with Gasteiger partial charge in [-0.3, -0.25) is 0 Å². The number of hydrogen-bond donors (Lipinski definition) is 1. The van der Waals surface area contributed by atoms with Crippen molar-refractivity contribution < 1.29 is 9.90 Å². The van der Waals surface area contributed by atoms with Crippen LogP contribution in [0.4, 0.5) is 4.79 Å². The molecule has 2 heterocycles. The molecule has 4 heteroatoms. The minimum atomic E-state index is -1.03. The van der Waals surface area contributed by atoms with Crippen LogP contribution in [0.2, 0.25) is 0 Å². The van der Waals surface area contributed by atoms with E-state index in [1.54, 1.807) is 4.90 Å². The maximum Gasteiger partial charge on any atom is 0.137 e. The first kappa shape index (κ1) is 11.7. The normalized spacial score (nSPS) is 33.8. The highest BCUT2D eigenvalue weighted by Crippen LogP contribution is 2.32. The highest BCUT2D eigenvalue weighted by atomic mass is 16.4. The Morgan fingerprint density at radius 3 is 2.12 bits per heavy atom. The summed E-state index contributed by atoms with van der Waals surface area (Å²) < 4.78 is 0. The molecule has 2 rings (SSSR count). The summed E-state index contributed by atoms with van der Waals surface area (Å²) in [7, 11) is 0. The molecular weight excluding hydrogens is 204 g/mol. The predicted molar refractivity (Wildman–Crippen MR) is 60.0 cm³/mol. The average Bonchev–Trinajstić information content (AvgIpc) is 2.42.